The number of hydrogen-bond acceptors (Lipinski definition) is 2. The molecule has 2 rings (SSSR count). The van der Waals surface area contributed by atoms with E-state index >= 15 is 0 Å². The Bertz CT molecular complexity index is 358. The van der Waals surface area contributed by atoms with Gasteiger partial charge in [-0.1, -0.05) is 19.9 Å². The molecule has 15 heavy (non-hydrogen) atoms. The lowest BCUT2D eigenvalue weighted by Gasteiger charge is -2.25. The Labute approximate surface area is 91.6 Å². The van der Waals surface area contributed by atoms with E-state index < -0.39 is 0 Å². The van der Waals surface area contributed by atoms with Gasteiger partial charge in [-0.05, 0) is 36.2 Å². The van der Waals surface area contributed by atoms with Gasteiger partial charge in [-0.25, -0.2) is 0 Å². The number of hydrogen-bond donors (Lipinski definition) is 1. The van der Waals surface area contributed by atoms with Crippen LogP contribution in [-0.2, 0) is 11.8 Å². The fraction of sp³-hybridized carbons (Fsp3) is 0.538. The van der Waals surface area contributed by atoms with Crippen molar-refractivity contribution in [3.63, 3.8) is 0 Å². The fourth-order valence-electron chi connectivity index (χ4n) is 2.28. The van der Waals surface area contributed by atoms with E-state index in [2.05, 4.69) is 37.4 Å². The fourth-order valence-corrected chi connectivity index (χ4v) is 2.28. The molecule has 1 N–H and O–H groups in total. The minimum Gasteiger partial charge on any atom is -0.497 e. The molecule has 0 saturated carbocycles. The van der Waals surface area contributed by atoms with Gasteiger partial charge in [0.1, 0.15) is 5.75 Å². The molecule has 1 heterocycles. The molecule has 0 amide bonds. The lowest BCUT2D eigenvalue weighted by molar-refractivity contribution is 0.413. The standard InChI is InChI=1S/C13H19NO/c1-13(2)9-14-7-6-10-8-11(15-3)4-5-12(10)13/h4-5,8,14H,6-7,9H2,1-3H3. The van der Waals surface area contributed by atoms with Crippen LogP contribution in [0.4, 0.5) is 0 Å². The summed E-state index contributed by atoms with van der Waals surface area (Å²) in [6.07, 6.45) is 1.09. The highest BCUT2D eigenvalue weighted by Crippen LogP contribution is 2.30. The minimum atomic E-state index is 0.220. The Balaban J connectivity index is 2.46. The molecule has 0 radical (unpaired) electrons. The monoisotopic (exact) mass is 205 g/mol. The normalized spacial score (nSPS) is 19.1. The Hall–Kier alpha value is -1.02. The number of ether oxygens (including phenoxy) is 1. The van der Waals surface area contributed by atoms with Crippen molar-refractivity contribution in [3.05, 3.63) is 29.3 Å². The second-order valence-electron chi connectivity index (χ2n) is 4.83. The Morgan fingerprint density at radius 2 is 2.13 bits per heavy atom. The van der Waals surface area contributed by atoms with Crippen molar-refractivity contribution in [1.29, 1.82) is 0 Å². The van der Waals surface area contributed by atoms with Crippen molar-refractivity contribution in [2.24, 2.45) is 0 Å². The molecule has 0 spiro atoms. The molecule has 0 unspecified atom stereocenters. The van der Waals surface area contributed by atoms with Gasteiger partial charge >= 0.3 is 0 Å². The maximum Gasteiger partial charge on any atom is 0.119 e. The minimum absolute atomic E-state index is 0.220. The Morgan fingerprint density at radius 3 is 2.87 bits per heavy atom. The first-order chi connectivity index (χ1) is 7.13. The van der Waals surface area contributed by atoms with Crippen LogP contribution in [0, 0.1) is 0 Å². The Morgan fingerprint density at radius 1 is 1.33 bits per heavy atom. The SMILES string of the molecule is COc1ccc2c(c1)CCNCC2(C)C. The van der Waals surface area contributed by atoms with Crippen LogP contribution >= 0.6 is 0 Å². The van der Waals surface area contributed by atoms with Gasteiger partial charge in [-0.3, -0.25) is 0 Å². The molecular formula is C13H19NO. The number of nitrogens with one attached hydrogen (secondary N) is 1. The van der Waals surface area contributed by atoms with E-state index in [4.69, 9.17) is 4.74 Å². The van der Waals surface area contributed by atoms with Crippen molar-refractivity contribution < 1.29 is 4.74 Å². The average Bonchev–Trinajstić information content (AvgIpc) is 2.37. The summed E-state index contributed by atoms with van der Waals surface area (Å²) in [5.74, 6) is 0.964. The predicted octanol–water partition coefficient (Wildman–Crippen LogP) is 2.12. The quantitative estimate of drug-likeness (QED) is 0.758. The second-order valence-corrected chi connectivity index (χ2v) is 4.83. The van der Waals surface area contributed by atoms with Gasteiger partial charge in [-0.2, -0.15) is 0 Å². The van der Waals surface area contributed by atoms with Crippen molar-refractivity contribution in [2.75, 3.05) is 20.2 Å². The average molecular weight is 205 g/mol. The van der Waals surface area contributed by atoms with Crippen LogP contribution in [0.5, 0.6) is 5.75 Å². The van der Waals surface area contributed by atoms with Crippen LogP contribution in [-0.4, -0.2) is 20.2 Å². The number of methoxy groups -OCH3 is 1. The smallest absolute Gasteiger partial charge is 0.119 e. The molecule has 1 aliphatic heterocycles. The lowest BCUT2D eigenvalue weighted by Crippen LogP contribution is -2.31. The summed E-state index contributed by atoms with van der Waals surface area (Å²) in [6, 6.07) is 6.44. The molecule has 0 atom stereocenters. The summed E-state index contributed by atoms with van der Waals surface area (Å²) in [7, 11) is 1.72. The van der Waals surface area contributed by atoms with Crippen LogP contribution in [0.15, 0.2) is 18.2 Å². The molecule has 0 aliphatic carbocycles. The first kappa shape index (κ1) is 10.5. The highest BCUT2D eigenvalue weighted by Gasteiger charge is 2.25. The van der Waals surface area contributed by atoms with Crippen LogP contribution < -0.4 is 10.1 Å². The predicted molar refractivity (Wildman–Crippen MR) is 62.6 cm³/mol. The van der Waals surface area contributed by atoms with Crippen molar-refractivity contribution >= 4 is 0 Å². The highest BCUT2D eigenvalue weighted by molar-refractivity contribution is 5.40. The summed E-state index contributed by atoms with van der Waals surface area (Å²) in [5, 5.41) is 3.48. The van der Waals surface area contributed by atoms with Crippen LogP contribution in [0.3, 0.4) is 0 Å². The van der Waals surface area contributed by atoms with Crippen LogP contribution in [0.1, 0.15) is 25.0 Å². The third-order valence-corrected chi connectivity index (χ3v) is 3.18. The maximum absolute atomic E-state index is 5.27. The van der Waals surface area contributed by atoms with Gasteiger partial charge in [0, 0.05) is 12.0 Å². The first-order valence-corrected chi connectivity index (χ1v) is 5.51. The molecule has 0 saturated heterocycles. The third kappa shape index (κ3) is 2.00. The summed E-state index contributed by atoms with van der Waals surface area (Å²) in [5.41, 5.74) is 3.09. The van der Waals surface area contributed by atoms with E-state index in [1.807, 2.05) is 0 Å². The zero-order valence-corrected chi connectivity index (χ0v) is 9.76. The molecule has 0 fully saturated rings. The molecule has 1 aromatic rings. The molecular weight excluding hydrogens is 186 g/mol. The number of fused-ring (bicyclic) bond motifs is 1. The van der Waals surface area contributed by atoms with Gasteiger partial charge in [-0.15, -0.1) is 0 Å². The van der Waals surface area contributed by atoms with E-state index in [0.717, 1.165) is 25.3 Å². The maximum atomic E-state index is 5.27. The molecule has 0 bridgehead atoms. The zero-order valence-electron chi connectivity index (χ0n) is 9.76. The molecule has 2 heteroatoms. The first-order valence-electron chi connectivity index (χ1n) is 5.51. The van der Waals surface area contributed by atoms with Crippen molar-refractivity contribution in [2.45, 2.75) is 25.7 Å². The largest absolute Gasteiger partial charge is 0.497 e. The van der Waals surface area contributed by atoms with E-state index in [1.165, 1.54) is 11.1 Å². The van der Waals surface area contributed by atoms with Gasteiger partial charge in [0.05, 0.1) is 7.11 Å². The van der Waals surface area contributed by atoms with Gasteiger partial charge in [0.15, 0.2) is 0 Å². The van der Waals surface area contributed by atoms with Gasteiger partial charge in [0.25, 0.3) is 0 Å². The van der Waals surface area contributed by atoms with E-state index in [9.17, 15) is 0 Å². The summed E-state index contributed by atoms with van der Waals surface area (Å²) in [6.45, 7) is 6.68. The summed E-state index contributed by atoms with van der Waals surface area (Å²) >= 11 is 0. The molecule has 1 aliphatic rings. The number of rotatable bonds is 1. The lowest BCUT2D eigenvalue weighted by atomic mass is 9.82. The zero-order chi connectivity index (χ0) is 10.9. The third-order valence-electron chi connectivity index (χ3n) is 3.18. The van der Waals surface area contributed by atoms with Crippen LogP contribution in [0.25, 0.3) is 0 Å². The van der Waals surface area contributed by atoms with Crippen molar-refractivity contribution in [1.82, 2.24) is 5.32 Å². The van der Waals surface area contributed by atoms with E-state index in [-0.39, 0.29) is 5.41 Å². The molecule has 1 aromatic carbocycles. The van der Waals surface area contributed by atoms with E-state index in [0.29, 0.717) is 0 Å². The molecule has 0 aromatic heterocycles. The summed E-state index contributed by atoms with van der Waals surface area (Å²) < 4.78 is 5.27. The van der Waals surface area contributed by atoms with Crippen molar-refractivity contribution in [3.8, 4) is 5.75 Å². The van der Waals surface area contributed by atoms with E-state index in [1.54, 1.807) is 7.11 Å². The molecule has 82 valence electrons. The molecule has 2 nitrogen and oxygen atoms in total. The van der Waals surface area contributed by atoms with Gasteiger partial charge in [0.2, 0.25) is 0 Å². The topological polar surface area (TPSA) is 21.3 Å². The Kier molecular flexibility index (Phi) is 2.70. The van der Waals surface area contributed by atoms with Crippen LogP contribution in [0.2, 0.25) is 0 Å². The summed E-state index contributed by atoms with van der Waals surface area (Å²) in [4.78, 5) is 0. The highest BCUT2D eigenvalue weighted by atomic mass is 16.5. The van der Waals surface area contributed by atoms with Gasteiger partial charge < -0.3 is 10.1 Å². The second kappa shape index (κ2) is 3.86. The number of benzene rings is 1.